The van der Waals surface area contributed by atoms with E-state index in [1.54, 1.807) is 36.5 Å². The van der Waals surface area contributed by atoms with Crippen molar-refractivity contribution in [1.29, 1.82) is 0 Å². The van der Waals surface area contributed by atoms with E-state index in [1.165, 1.54) is 4.31 Å². The number of benzene rings is 1. The van der Waals surface area contributed by atoms with Crippen molar-refractivity contribution in [3.05, 3.63) is 65.1 Å². The molecule has 0 aliphatic carbocycles. The number of rotatable bonds is 7. The van der Waals surface area contributed by atoms with Gasteiger partial charge in [-0.15, -0.1) is 0 Å². The Balaban J connectivity index is 1.29. The van der Waals surface area contributed by atoms with E-state index in [2.05, 4.69) is 10.3 Å². The zero-order valence-corrected chi connectivity index (χ0v) is 18.0. The van der Waals surface area contributed by atoms with Crippen LogP contribution < -0.4 is 5.32 Å². The molecule has 1 aliphatic rings. The number of aromatic nitrogens is 2. The maximum atomic E-state index is 12.6. The molecule has 1 saturated heterocycles. The second-order valence-electron chi connectivity index (χ2n) is 7.38. The van der Waals surface area contributed by atoms with E-state index in [1.807, 2.05) is 16.7 Å². The number of pyridine rings is 1. The number of nitrogens with zero attached hydrogens (tertiary/aromatic N) is 3. The van der Waals surface area contributed by atoms with Gasteiger partial charge >= 0.3 is 0 Å². The minimum Gasteiger partial charge on any atom is -0.350 e. The molecule has 7 nitrogen and oxygen atoms in total. The van der Waals surface area contributed by atoms with Crippen molar-refractivity contribution < 1.29 is 13.2 Å². The van der Waals surface area contributed by atoms with Gasteiger partial charge in [0.2, 0.25) is 15.9 Å². The van der Waals surface area contributed by atoms with Gasteiger partial charge in [-0.05, 0) is 49.1 Å². The smallest absolute Gasteiger partial charge is 0.243 e. The first kappa shape index (κ1) is 20.8. The van der Waals surface area contributed by atoms with Crippen molar-refractivity contribution in [3.63, 3.8) is 0 Å². The van der Waals surface area contributed by atoms with E-state index in [9.17, 15) is 13.2 Å². The Morgan fingerprint density at radius 1 is 1.07 bits per heavy atom. The summed E-state index contributed by atoms with van der Waals surface area (Å²) in [5, 5.41) is 3.49. The number of aryl methyl sites for hydroxylation is 1. The highest BCUT2D eigenvalue weighted by molar-refractivity contribution is 7.89. The molecule has 0 bridgehead atoms. The maximum Gasteiger partial charge on any atom is 0.243 e. The second-order valence-corrected chi connectivity index (χ2v) is 9.75. The average Bonchev–Trinajstić information content (AvgIpc) is 3.41. The average molecular weight is 447 g/mol. The number of sulfonamides is 1. The second kappa shape index (κ2) is 8.75. The Morgan fingerprint density at radius 2 is 1.80 bits per heavy atom. The number of hydrogen-bond acceptors (Lipinski definition) is 4. The van der Waals surface area contributed by atoms with Crippen LogP contribution in [-0.4, -0.2) is 41.1 Å². The molecule has 0 saturated carbocycles. The molecule has 1 amide bonds. The summed E-state index contributed by atoms with van der Waals surface area (Å²) in [5.41, 5.74) is 2.45. The van der Waals surface area contributed by atoms with Crippen LogP contribution in [0.2, 0.25) is 5.02 Å². The summed E-state index contributed by atoms with van der Waals surface area (Å²) in [6, 6.07) is 10.4. The van der Waals surface area contributed by atoms with Gasteiger partial charge in [-0.25, -0.2) is 13.4 Å². The number of carbonyl (C=O) groups is 1. The third-order valence-corrected chi connectivity index (χ3v) is 7.33. The first-order chi connectivity index (χ1) is 14.4. The van der Waals surface area contributed by atoms with Crippen LogP contribution in [0.15, 0.2) is 53.7 Å². The van der Waals surface area contributed by atoms with Crippen LogP contribution in [0.3, 0.4) is 0 Å². The topological polar surface area (TPSA) is 83.8 Å². The lowest BCUT2D eigenvalue weighted by molar-refractivity contribution is -0.121. The van der Waals surface area contributed by atoms with Crippen LogP contribution in [0.5, 0.6) is 0 Å². The molecule has 2 aromatic heterocycles. The van der Waals surface area contributed by atoms with Gasteiger partial charge in [-0.3, -0.25) is 4.79 Å². The third-order valence-electron chi connectivity index (χ3n) is 5.20. The summed E-state index contributed by atoms with van der Waals surface area (Å²) < 4.78 is 28.5. The molecule has 1 N–H and O–H groups in total. The molecule has 3 aromatic rings. The Morgan fingerprint density at radius 3 is 2.53 bits per heavy atom. The predicted octanol–water partition coefficient (Wildman–Crippen LogP) is 3.02. The molecule has 0 spiro atoms. The molecule has 0 unspecified atom stereocenters. The fourth-order valence-corrected chi connectivity index (χ4v) is 5.23. The van der Waals surface area contributed by atoms with Crippen LogP contribution in [0.25, 0.3) is 5.65 Å². The minimum absolute atomic E-state index is 0.0844. The molecule has 1 aromatic carbocycles. The van der Waals surface area contributed by atoms with Crippen LogP contribution in [0, 0.1) is 0 Å². The number of imidazole rings is 1. The monoisotopic (exact) mass is 446 g/mol. The Labute approximate surface area is 180 Å². The number of carbonyl (C=O) groups excluding carboxylic acids is 1. The molecular weight excluding hydrogens is 424 g/mol. The molecule has 4 rings (SSSR count). The van der Waals surface area contributed by atoms with Crippen LogP contribution in [0.1, 0.15) is 30.5 Å². The van der Waals surface area contributed by atoms with Crippen molar-refractivity contribution >= 4 is 33.2 Å². The molecule has 9 heteroatoms. The molecule has 0 atom stereocenters. The highest BCUT2D eigenvalue weighted by atomic mass is 35.5. The summed E-state index contributed by atoms with van der Waals surface area (Å²) >= 11 is 5.97. The lowest BCUT2D eigenvalue weighted by Crippen LogP contribution is -2.27. The highest BCUT2D eigenvalue weighted by Crippen LogP contribution is 2.21. The van der Waals surface area contributed by atoms with Crippen molar-refractivity contribution in [2.75, 3.05) is 13.1 Å². The van der Waals surface area contributed by atoms with Crippen molar-refractivity contribution in [2.24, 2.45) is 0 Å². The summed E-state index contributed by atoms with van der Waals surface area (Å²) in [6.45, 7) is 1.51. The zero-order chi connectivity index (χ0) is 21.1. The zero-order valence-electron chi connectivity index (χ0n) is 16.4. The SMILES string of the molecule is O=C(CCc1ccc(S(=O)(=O)N2CCCC2)cc1)NCc1cn2cc(Cl)ccc2n1. The van der Waals surface area contributed by atoms with Crippen LogP contribution in [-0.2, 0) is 27.8 Å². The normalized spacial score (nSPS) is 15.0. The van der Waals surface area contributed by atoms with E-state index in [0.717, 1.165) is 29.7 Å². The van der Waals surface area contributed by atoms with E-state index < -0.39 is 10.0 Å². The quantitative estimate of drug-likeness (QED) is 0.604. The number of amides is 1. The Hall–Kier alpha value is -2.42. The first-order valence-corrected chi connectivity index (χ1v) is 11.7. The van der Waals surface area contributed by atoms with Gasteiger partial charge < -0.3 is 9.72 Å². The largest absolute Gasteiger partial charge is 0.350 e. The first-order valence-electron chi connectivity index (χ1n) is 9.91. The predicted molar refractivity (Wildman–Crippen MR) is 115 cm³/mol. The van der Waals surface area contributed by atoms with E-state index in [0.29, 0.717) is 42.4 Å². The molecule has 1 fully saturated rings. The fraction of sp³-hybridized carbons (Fsp3) is 0.333. The Bertz CT molecular complexity index is 1150. The van der Waals surface area contributed by atoms with Gasteiger partial charge in [0, 0.05) is 31.9 Å². The highest BCUT2D eigenvalue weighted by Gasteiger charge is 2.26. The molecule has 0 radical (unpaired) electrons. The standard InChI is InChI=1S/C21H23ClN4O3S/c22-17-6-9-20-24-18(15-25(20)14-17)13-23-21(27)10-5-16-3-7-19(8-4-16)30(28,29)26-11-1-2-12-26/h3-4,6-9,14-15H,1-2,5,10-13H2,(H,23,27). The van der Waals surface area contributed by atoms with Crippen LogP contribution in [0.4, 0.5) is 0 Å². The lowest BCUT2D eigenvalue weighted by atomic mass is 10.1. The van der Waals surface area contributed by atoms with Gasteiger partial charge in [0.25, 0.3) is 0 Å². The Kier molecular flexibility index (Phi) is 6.08. The molecule has 30 heavy (non-hydrogen) atoms. The van der Waals surface area contributed by atoms with Crippen molar-refractivity contribution in [3.8, 4) is 0 Å². The van der Waals surface area contributed by atoms with Gasteiger partial charge in [-0.1, -0.05) is 23.7 Å². The minimum atomic E-state index is -3.40. The number of halogens is 1. The molecular formula is C21H23ClN4O3S. The van der Waals surface area contributed by atoms with Crippen molar-refractivity contribution in [2.45, 2.75) is 37.1 Å². The third kappa shape index (κ3) is 4.66. The van der Waals surface area contributed by atoms with E-state index >= 15 is 0 Å². The van der Waals surface area contributed by atoms with Crippen molar-refractivity contribution in [1.82, 2.24) is 19.0 Å². The number of hydrogen-bond donors (Lipinski definition) is 1. The van der Waals surface area contributed by atoms with E-state index in [4.69, 9.17) is 11.6 Å². The van der Waals surface area contributed by atoms with E-state index in [-0.39, 0.29) is 5.91 Å². The van der Waals surface area contributed by atoms with Gasteiger partial charge in [0.05, 0.1) is 22.2 Å². The lowest BCUT2D eigenvalue weighted by Gasteiger charge is -2.15. The fourth-order valence-electron chi connectivity index (χ4n) is 3.54. The van der Waals surface area contributed by atoms with Gasteiger partial charge in [-0.2, -0.15) is 4.31 Å². The summed E-state index contributed by atoms with van der Waals surface area (Å²) in [6.07, 6.45) is 6.28. The molecule has 158 valence electrons. The summed E-state index contributed by atoms with van der Waals surface area (Å²) in [4.78, 5) is 16.9. The number of fused-ring (bicyclic) bond motifs is 1. The number of nitrogens with one attached hydrogen (secondary N) is 1. The maximum absolute atomic E-state index is 12.6. The molecule has 3 heterocycles. The summed E-state index contributed by atoms with van der Waals surface area (Å²) in [5.74, 6) is -0.0844. The van der Waals surface area contributed by atoms with Gasteiger partial charge in [0.1, 0.15) is 5.65 Å². The van der Waals surface area contributed by atoms with Crippen LogP contribution >= 0.6 is 11.6 Å². The summed E-state index contributed by atoms with van der Waals surface area (Å²) in [7, 11) is -3.40. The molecule has 1 aliphatic heterocycles. The van der Waals surface area contributed by atoms with Gasteiger partial charge in [0.15, 0.2) is 0 Å².